The second kappa shape index (κ2) is 4.83. The molecule has 4 nitrogen and oxygen atoms in total. The molecule has 0 radical (unpaired) electrons. The van der Waals surface area contributed by atoms with Crippen LogP contribution in [0.3, 0.4) is 0 Å². The van der Waals surface area contributed by atoms with E-state index >= 15 is 0 Å². The number of hydrogen-bond acceptors (Lipinski definition) is 5. The molecule has 0 amide bonds. The smallest absolute Gasteiger partial charge is 0.225 e. The van der Waals surface area contributed by atoms with Gasteiger partial charge in [0.15, 0.2) is 0 Å². The molecule has 0 spiro atoms. The van der Waals surface area contributed by atoms with E-state index in [-0.39, 0.29) is 0 Å². The Morgan fingerprint density at radius 3 is 3.20 bits per heavy atom. The molecule has 0 N–H and O–H groups in total. The highest BCUT2D eigenvalue weighted by Gasteiger charge is 2.37. The Hall–Kier alpha value is -0.910. The van der Waals surface area contributed by atoms with Gasteiger partial charge < -0.3 is 9.64 Å². The summed E-state index contributed by atoms with van der Waals surface area (Å²) in [7, 11) is 0. The molecule has 1 aliphatic heterocycles. The van der Waals surface area contributed by atoms with E-state index in [4.69, 9.17) is 16.3 Å². The highest BCUT2D eigenvalue weighted by atomic mass is 35.5. The minimum Gasteiger partial charge on any atom is -0.374 e. The minimum atomic E-state index is 0.343. The van der Waals surface area contributed by atoms with Crippen LogP contribution in [0.5, 0.6) is 0 Å². The van der Waals surface area contributed by atoms with Crippen molar-refractivity contribution in [2.24, 2.45) is 0 Å². The van der Waals surface area contributed by atoms with Gasteiger partial charge in [-0.15, -0.1) is 11.3 Å². The molecule has 4 rings (SSSR count). The van der Waals surface area contributed by atoms with E-state index < -0.39 is 0 Å². The molecule has 1 aliphatic carbocycles. The van der Waals surface area contributed by atoms with Crippen LogP contribution in [0.15, 0.2) is 6.07 Å². The molecule has 2 aromatic rings. The van der Waals surface area contributed by atoms with Crippen LogP contribution in [0.4, 0.5) is 5.82 Å². The summed E-state index contributed by atoms with van der Waals surface area (Å²) in [6.45, 7) is 3.76. The van der Waals surface area contributed by atoms with Crippen molar-refractivity contribution in [1.82, 2.24) is 9.97 Å². The largest absolute Gasteiger partial charge is 0.374 e. The summed E-state index contributed by atoms with van der Waals surface area (Å²) < 4.78 is 5.89. The number of ether oxygens (including phenoxy) is 1. The second-order valence-corrected chi connectivity index (χ2v) is 7.07. The molecule has 0 bridgehead atoms. The Balaban J connectivity index is 1.84. The zero-order valence-electron chi connectivity index (χ0n) is 11.3. The quantitative estimate of drug-likeness (QED) is 0.757. The van der Waals surface area contributed by atoms with E-state index in [2.05, 4.69) is 27.9 Å². The van der Waals surface area contributed by atoms with E-state index in [0.717, 1.165) is 35.6 Å². The zero-order valence-corrected chi connectivity index (χ0v) is 12.9. The SMILES string of the molecule is Cc1cc2c(N3CCOC4CCCC43)nc(Cl)nc2s1. The molecule has 2 fully saturated rings. The monoisotopic (exact) mass is 309 g/mol. The van der Waals surface area contributed by atoms with Gasteiger partial charge in [-0.1, -0.05) is 0 Å². The third-order valence-corrected chi connectivity index (χ3v) is 5.34. The molecule has 3 heterocycles. The van der Waals surface area contributed by atoms with Gasteiger partial charge in [-0.3, -0.25) is 0 Å². The third kappa shape index (κ3) is 2.00. The summed E-state index contributed by atoms with van der Waals surface area (Å²) >= 11 is 7.80. The minimum absolute atomic E-state index is 0.343. The van der Waals surface area contributed by atoms with E-state index in [1.165, 1.54) is 17.7 Å². The van der Waals surface area contributed by atoms with Crippen LogP contribution in [-0.2, 0) is 4.74 Å². The molecule has 6 heteroatoms. The van der Waals surface area contributed by atoms with E-state index in [9.17, 15) is 0 Å². The maximum absolute atomic E-state index is 6.12. The summed E-state index contributed by atoms with van der Waals surface area (Å²) in [6, 6.07) is 2.61. The fourth-order valence-corrected chi connectivity index (χ4v) is 4.50. The molecule has 2 aromatic heterocycles. The Morgan fingerprint density at radius 1 is 1.40 bits per heavy atom. The first-order valence-corrected chi connectivity index (χ1v) is 8.24. The van der Waals surface area contributed by atoms with Gasteiger partial charge in [-0.2, -0.15) is 4.98 Å². The number of fused-ring (bicyclic) bond motifs is 2. The van der Waals surface area contributed by atoms with Crippen molar-refractivity contribution >= 4 is 39.0 Å². The molecular formula is C14H16ClN3OS. The summed E-state index contributed by atoms with van der Waals surface area (Å²) in [5.74, 6) is 0.990. The Labute approximate surface area is 126 Å². The molecule has 0 aromatic carbocycles. The van der Waals surface area contributed by atoms with Crippen molar-refractivity contribution < 1.29 is 4.74 Å². The lowest BCUT2D eigenvalue weighted by Crippen LogP contribution is -2.49. The number of anilines is 1. The maximum atomic E-state index is 6.12. The molecule has 20 heavy (non-hydrogen) atoms. The molecule has 106 valence electrons. The lowest BCUT2D eigenvalue weighted by molar-refractivity contribution is 0.0254. The van der Waals surface area contributed by atoms with Crippen molar-refractivity contribution in [2.75, 3.05) is 18.1 Å². The number of halogens is 1. The standard InChI is InChI=1S/C14H16ClN3OS/c1-8-7-9-12(16-14(15)17-13(9)20-8)18-5-6-19-11-4-2-3-10(11)18/h7,10-11H,2-6H2,1H3. The van der Waals surface area contributed by atoms with Crippen LogP contribution in [-0.4, -0.2) is 35.3 Å². The van der Waals surface area contributed by atoms with Gasteiger partial charge in [0, 0.05) is 11.4 Å². The average Bonchev–Trinajstić information content (AvgIpc) is 3.02. The molecule has 1 saturated carbocycles. The van der Waals surface area contributed by atoms with Crippen molar-refractivity contribution in [3.05, 3.63) is 16.2 Å². The summed E-state index contributed by atoms with van der Waals surface area (Å²) in [6.07, 6.45) is 3.92. The molecule has 2 atom stereocenters. The van der Waals surface area contributed by atoms with Gasteiger partial charge in [-0.05, 0) is 43.9 Å². The van der Waals surface area contributed by atoms with Crippen molar-refractivity contribution in [1.29, 1.82) is 0 Å². The fraction of sp³-hybridized carbons (Fsp3) is 0.571. The van der Waals surface area contributed by atoms with Crippen LogP contribution in [0.2, 0.25) is 5.28 Å². The number of aromatic nitrogens is 2. The lowest BCUT2D eigenvalue weighted by atomic mass is 10.1. The second-order valence-electron chi connectivity index (χ2n) is 5.49. The van der Waals surface area contributed by atoms with Gasteiger partial charge in [0.25, 0.3) is 0 Å². The number of aryl methyl sites for hydroxylation is 1. The van der Waals surface area contributed by atoms with Gasteiger partial charge in [0.2, 0.25) is 5.28 Å². The highest BCUT2D eigenvalue weighted by Crippen LogP contribution is 2.37. The molecule has 2 aliphatic rings. The van der Waals surface area contributed by atoms with Crippen molar-refractivity contribution in [2.45, 2.75) is 38.3 Å². The summed E-state index contributed by atoms with van der Waals surface area (Å²) in [5.41, 5.74) is 0. The maximum Gasteiger partial charge on any atom is 0.225 e. The van der Waals surface area contributed by atoms with Gasteiger partial charge in [0.1, 0.15) is 10.6 Å². The van der Waals surface area contributed by atoms with E-state index in [1.807, 2.05) is 0 Å². The van der Waals surface area contributed by atoms with Crippen LogP contribution in [0.25, 0.3) is 10.2 Å². The van der Waals surface area contributed by atoms with Gasteiger partial charge in [-0.25, -0.2) is 4.98 Å². The Kier molecular flexibility index (Phi) is 3.09. The van der Waals surface area contributed by atoms with E-state index in [0.29, 0.717) is 17.4 Å². The average molecular weight is 310 g/mol. The Bertz CT molecular complexity index is 659. The highest BCUT2D eigenvalue weighted by molar-refractivity contribution is 7.18. The molecule has 1 saturated heterocycles. The van der Waals surface area contributed by atoms with Gasteiger partial charge in [0.05, 0.1) is 24.1 Å². The van der Waals surface area contributed by atoms with Crippen LogP contribution in [0.1, 0.15) is 24.1 Å². The normalized spacial score (nSPS) is 26.2. The summed E-state index contributed by atoms with van der Waals surface area (Å²) in [4.78, 5) is 13.5. The molecular weight excluding hydrogens is 294 g/mol. The van der Waals surface area contributed by atoms with Gasteiger partial charge >= 0.3 is 0 Å². The number of hydrogen-bond donors (Lipinski definition) is 0. The van der Waals surface area contributed by atoms with Crippen molar-refractivity contribution in [3.8, 4) is 0 Å². The third-order valence-electron chi connectivity index (χ3n) is 4.22. The van der Waals surface area contributed by atoms with Crippen LogP contribution >= 0.6 is 22.9 Å². The number of morpholine rings is 1. The van der Waals surface area contributed by atoms with Crippen LogP contribution in [0, 0.1) is 6.92 Å². The Morgan fingerprint density at radius 2 is 2.30 bits per heavy atom. The predicted octanol–water partition coefficient (Wildman–Crippen LogP) is 3.41. The number of thiophene rings is 1. The molecule has 2 unspecified atom stereocenters. The van der Waals surface area contributed by atoms with Crippen molar-refractivity contribution in [3.63, 3.8) is 0 Å². The summed E-state index contributed by atoms with van der Waals surface area (Å²) in [5, 5.41) is 1.47. The first-order valence-electron chi connectivity index (χ1n) is 7.04. The predicted molar refractivity (Wildman–Crippen MR) is 81.9 cm³/mol. The number of rotatable bonds is 1. The first-order chi connectivity index (χ1) is 9.72. The topological polar surface area (TPSA) is 38.2 Å². The number of nitrogens with zero attached hydrogens (tertiary/aromatic N) is 3. The van der Waals surface area contributed by atoms with Crippen LogP contribution < -0.4 is 4.90 Å². The zero-order chi connectivity index (χ0) is 13.7. The lowest BCUT2D eigenvalue weighted by Gasteiger charge is -2.38. The fourth-order valence-electron chi connectivity index (χ4n) is 3.41. The van der Waals surface area contributed by atoms with E-state index in [1.54, 1.807) is 11.3 Å². The first kappa shape index (κ1) is 12.8.